The topological polar surface area (TPSA) is 76.2 Å². The Hall–Kier alpha value is -2.74. The van der Waals surface area contributed by atoms with Gasteiger partial charge in [0.2, 0.25) is 5.91 Å². The maximum Gasteiger partial charge on any atom is 0.264 e. The van der Waals surface area contributed by atoms with Crippen LogP contribution >= 0.6 is 0 Å². The van der Waals surface area contributed by atoms with Gasteiger partial charge in [-0.2, -0.15) is 0 Å². The summed E-state index contributed by atoms with van der Waals surface area (Å²) in [5, 5.41) is 0. The Balaban J connectivity index is 2.04. The molecule has 1 fully saturated rings. The average Bonchev–Trinajstić information content (AvgIpc) is 2.75. The molecule has 1 atom stereocenters. The van der Waals surface area contributed by atoms with Crippen LogP contribution in [0.25, 0.3) is 0 Å². The number of rotatable bonds is 7. The number of ether oxygens (including phenoxy) is 2. The monoisotopic (exact) mass is 460 g/mol. The zero-order chi connectivity index (χ0) is 23.5. The van der Waals surface area contributed by atoms with Crippen molar-refractivity contribution in [3.8, 4) is 11.5 Å². The molecule has 1 amide bonds. The van der Waals surface area contributed by atoms with E-state index < -0.39 is 10.0 Å². The van der Waals surface area contributed by atoms with Gasteiger partial charge in [0.25, 0.3) is 10.0 Å². The fourth-order valence-corrected chi connectivity index (χ4v) is 5.57. The van der Waals surface area contributed by atoms with E-state index in [4.69, 9.17) is 9.47 Å². The standard InChI is InChI=1S/C24H32N2O5S/c1-17-7-6-10-25(15-17)24(27)16-26(20-12-18(2)11-19(3)13-20)32(28,29)21-8-9-22(30-4)23(14-21)31-5/h8-9,11-14,17H,6-7,10,15-16H2,1-5H3/t17-/m1/s1. The molecule has 0 aliphatic carbocycles. The molecule has 2 aromatic rings. The first-order valence-electron chi connectivity index (χ1n) is 10.8. The number of likely N-dealkylation sites (tertiary alicyclic amines) is 1. The van der Waals surface area contributed by atoms with Crippen molar-refractivity contribution < 1.29 is 22.7 Å². The minimum Gasteiger partial charge on any atom is -0.493 e. The summed E-state index contributed by atoms with van der Waals surface area (Å²) in [6.07, 6.45) is 2.01. The van der Waals surface area contributed by atoms with Gasteiger partial charge < -0.3 is 14.4 Å². The molecule has 1 saturated heterocycles. The molecular weight excluding hydrogens is 428 g/mol. The number of carbonyl (C=O) groups is 1. The van der Waals surface area contributed by atoms with Gasteiger partial charge in [0.1, 0.15) is 6.54 Å². The molecule has 3 rings (SSSR count). The molecule has 0 spiro atoms. The fraction of sp³-hybridized carbons (Fsp3) is 0.458. The molecule has 0 aromatic heterocycles. The Labute approximate surface area is 191 Å². The number of sulfonamides is 1. The van der Waals surface area contributed by atoms with E-state index >= 15 is 0 Å². The van der Waals surface area contributed by atoms with Crippen LogP contribution in [0.2, 0.25) is 0 Å². The van der Waals surface area contributed by atoms with Crippen LogP contribution in [0.5, 0.6) is 11.5 Å². The SMILES string of the molecule is COc1ccc(S(=O)(=O)N(CC(=O)N2CCC[C@@H](C)C2)c2cc(C)cc(C)c2)cc1OC. The molecule has 0 saturated carbocycles. The lowest BCUT2D eigenvalue weighted by atomic mass is 10.0. The number of hydrogen-bond donors (Lipinski definition) is 0. The van der Waals surface area contributed by atoms with Crippen molar-refractivity contribution in [1.82, 2.24) is 4.90 Å². The number of aryl methyl sites for hydroxylation is 2. The summed E-state index contributed by atoms with van der Waals surface area (Å²) in [4.78, 5) is 15.0. The summed E-state index contributed by atoms with van der Waals surface area (Å²) < 4.78 is 39.3. The number of carbonyl (C=O) groups excluding carboxylic acids is 1. The van der Waals surface area contributed by atoms with Crippen molar-refractivity contribution in [2.45, 2.75) is 38.5 Å². The lowest BCUT2D eigenvalue weighted by Gasteiger charge is -2.33. The predicted octanol–water partition coefficient (Wildman–Crippen LogP) is 3.77. The minimum atomic E-state index is -4.04. The lowest BCUT2D eigenvalue weighted by molar-refractivity contribution is -0.131. The lowest BCUT2D eigenvalue weighted by Crippen LogP contribution is -2.46. The Kier molecular flexibility index (Phi) is 7.33. The van der Waals surface area contributed by atoms with E-state index in [1.54, 1.807) is 23.1 Å². The fourth-order valence-electron chi connectivity index (χ4n) is 4.15. The highest BCUT2D eigenvalue weighted by molar-refractivity contribution is 7.92. The first-order chi connectivity index (χ1) is 15.1. The molecule has 0 unspecified atom stereocenters. The summed E-state index contributed by atoms with van der Waals surface area (Å²) in [6.45, 7) is 6.97. The Morgan fingerprint density at radius 3 is 2.31 bits per heavy atom. The first kappa shape index (κ1) is 23.9. The molecule has 174 valence electrons. The molecule has 7 nitrogen and oxygen atoms in total. The van der Waals surface area contributed by atoms with E-state index in [0.717, 1.165) is 24.0 Å². The van der Waals surface area contributed by atoms with Crippen molar-refractivity contribution in [3.05, 3.63) is 47.5 Å². The molecule has 1 aliphatic heterocycles. The normalized spacial score (nSPS) is 16.5. The molecule has 1 aliphatic rings. The van der Waals surface area contributed by atoms with Gasteiger partial charge in [0.05, 0.1) is 24.8 Å². The third-order valence-corrected chi connectivity index (χ3v) is 7.50. The number of amides is 1. The Morgan fingerprint density at radius 2 is 1.72 bits per heavy atom. The number of methoxy groups -OCH3 is 2. The third-order valence-electron chi connectivity index (χ3n) is 5.73. The number of anilines is 1. The zero-order valence-electron chi connectivity index (χ0n) is 19.4. The average molecular weight is 461 g/mol. The molecule has 0 bridgehead atoms. The largest absolute Gasteiger partial charge is 0.493 e. The van der Waals surface area contributed by atoms with Gasteiger partial charge in [-0.3, -0.25) is 9.10 Å². The van der Waals surface area contributed by atoms with Gasteiger partial charge in [-0.1, -0.05) is 13.0 Å². The van der Waals surface area contributed by atoms with Crippen molar-refractivity contribution >= 4 is 21.6 Å². The van der Waals surface area contributed by atoms with Gasteiger partial charge in [-0.25, -0.2) is 8.42 Å². The van der Waals surface area contributed by atoms with Crippen LogP contribution in [0.4, 0.5) is 5.69 Å². The van der Waals surface area contributed by atoms with E-state index in [2.05, 4.69) is 6.92 Å². The number of benzene rings is 2. The van der Waals surface area contributed by atoms with Crippen molar-refractivity contribution in [1.29, 1.82) is 0 Å². The highest BCUT2D eigenvalue weighted by Crippen LogP contribution is 2.33. The third kappa shape index (κ3) is 5.18. The second-order valence-corrected chi connectivity index (χ2v) is 10.3. The first-order valence-corrected chi connectivity index (χ1v) is 12.2. The summed E-state index contributed by atoms with van der Waals surface area (Å²) >= 11 is 0. The van der Waals surface area contributed by atoms with Gasteiger partial charge in [-0.15, -0.1) is 0 Å². The van der Waals surface area contributed by atoms with Gasteiger partial charge in [0.15, 0.2) is 11.5 Å². The highest BCUT2D eigenvalue weighted by Gasteiger charge is 2.31. The van der Waals surface area contributed by atoms with Gasteiger partial charge >= 0.3 is 0 Å². The minimum absolute atomic E-state index is 0.0362. The summed E-state index contributed by atoms with van der Waals surface area (Å²) in [5.74, 6) is 0.956. The smallest absolute Gasteiger partial charge is 0.264 e. The quantitative estimate of drug-likeness (QED) is 0.629. The van der Waals surface area contributed by atoms with Crippen molar-refractivity contribution in [3.63, 3.8) is 0 Å². The Bertz CT molecular complexity index is 1060. The van der Waals surface area contributed by atoms with E-state index in [-0.39, 0.29) is 17.3 Å². The molecule has 2 aromatic carbocycles. The van der Waals surface area contributed by atoms with Crippen LogP contribution in [0, 0.1) is 19.8 Å². The molecule has 8 heteroatoms. The number of piperidine rings is 1. The summed E-state index contributed by atoms with van der Waals surface area (Å²) in [5.41, 5.74) is 2.31. The van der Waals surface area contributed by atoms with Gasteiger partial charge in [0, 0.05) is 19.2 Å². The van der Waals surface area contributed by atoms with E-state index in [9.17, 15) is 13.2 Å². The number of nitrogens with zero attached hydrogens (tertiary/aromatic N) is 2. The molecule has 32 heavy (non-hydrogen) atoms. The van der Waals surface area contributed by atoms with E-state index in [1.165, 1.54) is 30.7 Å². The number of hydrogen-bond acceptors (Lipinski definition) is 5. The Morgan fingerprint density at radius 1 is 1.06 bits per heavy atom. The summed E-state index contributed by atoms with van der Waals surface area (Å²) in [7, 11) is -1.09. The van der Waals surface area contributed by atoms with Crippen LogP contribution in [0.3, 0.4) is 0 Å². The van der Waals surface area contributed by atoms with Crippen LogP contribution in [-0.2, 0) is 14.8 Å². The van der Waals surface area contributed by atoms with E-state index in [1.807, 2.05) is 19.9 Å². The predicted molar refractivity (Wildman–Crippen MR) is 125 cm³/mol. The van der Waals surface area contributed by atoms with Gasteiger partial charge in [-0.05, 0) is 68.0 Å². The molecule has 0 N–H and O–H groups in total. The van der Waals surface area contributed by atoms with Crippen molar-refractivity contribution in [2.75, 3.05) is 38.2 Å². The maximum atomic E-state index is 13.8. The van der Waals surface area contributed by atoms with Crippen LogP contribution in [0.15, 0.2) is 41.3 Å². The molecule has 1 heterocycles. The molecule has 0 radical (unpaired) electrons. The maximum absolute atomic E-state index is 13.8. The second kappa shape index (κ2) is 9.81. The van der Waals surface area contributed by atoms with Crippen LogP contribution < -0.4 is 13.8 Å². The molecular formula is C24H32N2O5S. The van der Waals surface area contributed by atoms with Crippen LogP contribution in [-0.4, -0.2) is 53.1 Å². The highest BCUT2D eigenvalue weighted by atomic mass is 32.2. The second-order valence-electron chi connectivity index (χ2n) is 8.46. The van der Waals surface area contributed by atoms with Crippen LogP contribution in [0.1, 0.15) is 30.9 Å². The van der Waals surface area contributed by atoms with E-state index in [0.29, 0.717) is 36.2 Å². The van der Waals surface area contributed by atoms with Crippen molar-refractivity contribution in [2.24, 2.45) is 5.92 Å². The zero-order valence-corrected chi connectivity index (χ0v) is 20.2. The summed E-state index contributed by atoms with van der Waals surface area (Å²) in [6, 6.07) is 10.0.